The number of ether oxygens (including phenoxy) is 2. The topological polar surface area (TPSA) is 76.7 Å². The number of fused-ring (bicyclic) bond motifs is 1. The summed E-state index contributed by atoms with van der Waals surface area (Å²) in [7, 11) is 0. The molecule has 7 heteroatoms. The molecule has 6 nitrogen and oxygen atoms in total. The van der Waals surface area contributed by atoms with Crippen LogP contribution in [-0.2, 0) is 11.2 Å². The van der Waals surface area contributed by atoms with Gasteiger partial charge in [0, 0.05) is 29.2 Å². The van der Waals surface area contributed by atoms with Gasteiger partial charge in [0.25, 0.3) is 5.91 Å². The SMILES string of the molecule is CCOc1ccc(CCNC(=O)c2ccc3c(c2)NC(=O)CCS3)cc1OCC. The number of benzene rings is 2. The lowest BCUT2D eigenvalue weighted by atomic mass is 10.1. The van der Waals surface area contributed by atoms with Crippen molar-refractivity contribution >= 4 is 29.3 Å². The molecule has 1 aliphatic heterocycles. The molecule has 2 N–H and O–H groups in total. The highest BCUT2D eigenvalue weighted by molar-refractivity contribution is 7.99. The molecular weight excluding hydrogens is 388 g/mol. The van der Waals surface area contributed by atoms with Crippen molar-refractivity contribution in [2.24, 2.45) is 0 Å². The van der Waals surface area contributed by atoms with E-state index in [1.54, 1.807) is 23.9 Å². The maximum atomic E-state index is 12.5. The second-order valence-electron chi connectivity index (χ2n) is 6.51. The molecule has 0 spiro atoms. The Kier molecular flexibility index (Phi) is 7.41. The van der Waals surface area contributed by atoms with E-state index < -0.39 is 0 Å². The molecule has 2 aromatic carbocycles. The molecule has 1 heterocycles. The van der Waals surface area contributed by atoms with Crippen LogP contribution in [0, 0.1) is 0 Å². The Morgan fingerprint density at radius 2 is 1.90 bits per heavy atom. The van der Waals surface area contributed by atoms with Gasteiger partial charge in [-0.2, -0.15) is 0 Å². The number of nitrogens with one attached hydrogen (secondary N) is 2. The molecule has 0 saturated carbocycles. The van der Waals surface area contributed by atoms with E-state index in [1.165, 1.54) is 0 Å². The van der Waals surface area contributed by atoms with Crippen molar-refractivity contribution in [1.82, 2.24) is 5.32 Å². The number of hydrogen-bond donors (Lipinski definition) is 2. The van der Waals surface area contributed by atoms with Gasteiger partial charge in [-0.05, 0) is 56.2 Å². The Labute approximate surface area is 175 Å². The van der Waals surface area contributed by atoms with Gasteiger partial charge in [0.2, 0.25) is 5.91 Å². The molecule has 154 valence electrons. The molecule has 0 fully saturated rings. The summed E-state index contributed by atoms with van der Waals surface area (Å²) in [5.41, 5.74) is 2.30. The smallest absolute Gasteiger partial charge is 0.251 e. The fourth-order valence-electron chi connectivity index (χ4n) is 3.03. The van der Waals surface area contributed by atoms with Crippen LogP contribution in [0.4, 0.5) is 5.69 Å². The first kappa shape index (κ1) is 21.0. The fourth-order valence-corrected chi connectivity index (χ4v) is 3.97. The summed E-state index contributed by atoms with van der Waals surface area (Å²) in [5, 5.41) is 5.81. The quantitative estimate of drug-likeness (QED) is 0.685. The van der Waals surface area contributed by atoms with Crippen molar-refractivity contribution in [2.45, 2.75) is 31.6 Å². The normalized spacial score (nSPS) is 13.1. The molecule has 0 bridgehead atoms. The van der Waals surface area contributed by atoms with Crippen LogP contribution < -0.4 is 20.1 Å². The van der Waals surface area contributed by atoms with Crippen LogP contribution in [0.15, 0.2) is 41.3 Å². The Morgan fingerprint density at radius 1 is 1.10 bits per heavy atom. The van der Waals surface area contributed by atoms with Crippen molar-refractivity contribution in [1.29, 1.82) is 0 Å². The van der Waals surface area contributed by atoms with Crippen molar-refractivity contribution in [3.05, 3.63) is 47.5 Å². The number of anilines is 1. The van der Waals surface area contributed by atoms with Crippen molar-refractivity contribution < 1.29 is 19.1 Å². The molecule has 0 saturated heterocycles. The molecule has 0 unspecified atom stereocenters. The Balaban J connectivity index is 1.60. The molecule has 2 aromatic rings. The molecule has 2 amide bonds. The highest BCUT2D eigenvalue weighted by atomic mass is 32.2. The summed E-state index contributed by atoms with van der Waals surface area (Å²) >= 11 is 1.62. The van der Waals surface area contributed by atoms with E-state index in [4.69, 9.17) is 9.47 Å². The zero-order chi connectivity index (χ0) is 20.6. The third-order valence-corrected chi connectivity index (χ3v) is 5.48. The summed E-state index contributed by atoms with van der Waals surface area (Å²) in [5.74, 6) is 2.02. The van der Waals surface area contributed by atoms with E-state index in [2.05, 4.69) is 10.6 Å². The number of amides is 2. The minimum absolute atomic E-state index is 0.0191. The monoisotopic (exact) mass is 414 g/mol. The van der Waals surface area contributed by atoms with Crippen molar-refractivity contribution in [2.75, 3.05) is 30.8 Å². The van der Waals surface area contributed by atoms with Crippen LogP contribution in [0.3, 0.4) is 0 Å². The number of thioether (sulfide) groups is 1. The second-order valence-corrected chi connectivity index (χ2v) is 7.65. The van der Waals surface area contributed by atoms with Gasteiger partial charge in [0.05, 0.1) is 18.9 Å². The van der Waals surface area contributed by atoms with E-state index in [1.807, 2.05) is 38.1 Å². The first-order valence-corrected chi connectivity index (χ1v) is 10.8. The maximum absolute atomic E-state index is 12.5. The molecule has 0 atom stereocenters. The molecule has 29 heavy (non-hydrogen) atoms. The average molecular weight is 415 g/mol. The van der Waals surface area contributed by atoms with E-state index in [0.29, 0.717) is 43.9 Å². The van der Waals surface area contributed by atoms with Gasteiger partial charge < -0.3 is 20.1 Å². The van der Waals surface area contributed by atoms with Crippen LogP contribution in [-0.4, -0.2) is 37.3 Å². The van der Waals surface area contributed by atoms with Crippen LogP contribution in [0.5, 0.6) is 11.5 Å². The lowest BCUT2D eigenvalue weighted by Gasteiger charge is -2.13. The van der Waals surface area contributed by atoms with Crippen LogP contribution in [0.1, 0.15) is 36.2 Å². The van der Waals surface area contributed by atoms with E-state index in [0.717, 1.165) is 27.7 Å². The average Bonchev–Trinajstić information content (AvgIpc) is 2.90. The van der Waals surface area contributed by atoms with Gasteiger partial charge in [0.1, 0.15) is 0 Å². The molecule has 0 radical (unpaired) electrons. The number of carbonyl (C=O) groups is 2. The minimum atomic E-state index is -0.160. The number of rotatable bonds is 8. The summed E-state index contributed by atoms with van der Waals surface area (Å²) in [6, 6.07) is 11.3. The number of carbonyl (C=O) groups excluding carboxylic acids is 2. The fraction of sp³-hybridized carbons (Fsp3) is 0.364. The van der Waals surface area contributed by atoms with Gasteiger partial charge in [-0.3, -0.25) is 9.59 Å². The van der Waals surface area contributed by atoms with Crippen LogP contribution in [0.25, 0.3) is 0 Å². The minimum Gasteiger partial charge on any atom is -0.490 e. The zero-order valence-electron chi connectivity index (χ0n) is 16.7. The molecule has 1 aliphatic rings. The Bertz CT molecular complexity index is 885. The summed E-state index contributed by atoms with van der Waals surface area (Å²) in [4.78, 5) is 25.3. The molecule has 3 rings (SSSR count). The van der Waals surface area contributed by atoms with Gasteiger partial charge in [-0.15, -0.1) is 11.8 Å². The van der Waals surface area contributed by atoms with E-state index in [9.17, 15) is 9.59 Å². The van der Waals surface area contributed by atoms with Crippen LogP contribution >= 0.6 is 11.8 Å². The predicted molar refractivity (Wildman–Crippen MR) is 115 cm³/mol. The van der Waals surface area contributed by atoms with Crippen LogP contribution in [0.2, 0.25) is 0 Å². The number of hydrogen-bond acceptors (Lipinski definition) is 5. The van der Waals surface area contributed by atoms with Gasteiger partial charge >= 0.3 is 0 Å². The Morgan fingerprint density at radius 3 is 2.69 bits per heavy atom. The lowest BCUT2D eigenvalue weighted by molar-refractivity contribution is -0.115. The highest BCUT2D eigenvalue weighted by Crippen LogP contribution is 2.31. The molecule has 0 aromatic heterocycles. The van der Waals surface area contributed by atoms with Gasteiger partial charge in [0.15, 0.2) is 11.5 Å². The summed E-state index contributed by atoms with van der Waals surface area (Å²) in [6.07, 6.45) is 1.16. The second kappa shape index (κ2) is 10.2. The van der Waals surface area contributed by atoms with Crippen molar-refractivity contribution in [3.8, 4) is 11.5 Å². The first-order chi connectivity index (χ1) is 14.1. The lowest BCUT2D eigenvalue weighted by Crippen LogP contribution is -2.25. The van der Waals surface area contributed by atoms with E-state index in [-0.39, 0.29) is 11.8 Å². The first-order valence-electron chi connectivity index (χ1n) is 9.84. The third-order valence-electron chi connectivity index (χ3n) is 4.41. The summed E-state index contributed by atoms with van der Waals surface area (Å²) in [6.45, 7) is 5.51. The third kappa shape index (κ3) is 5.67. The van der Waals surface area contributed by atoms with Crippen molar-refractivity contribution in [3.63, 3.8) is 0 Å². The zero-order valence-corrected chi connectivity index (χ0v) is 17.6. The van der Waals surface area contributed by atoms with Gasteiger partial charge in [-0.25, -0.2) is 0 Å². The highest BCUT2D eigenvalue weighted by Gasteiger charge is 2.15. The Hall–Kier alpha value is -2.67. The van der Waals surface area contributed by atoms with Gasteiger partial charge in [-0.1, -0.05) is 6.07 Å². The summed E-state index contributed by atoms with van der Waals surface area (Å²) < 4.78 is 11.2. The molecule has 0 aliphatic carbocycles. The largest absolute Gasteiger partial charge is 0.490 e. The van der Waals surface area contributed by atoms with E-state index >= 15 is 0 Å². The molecular formula is C22H26N2O4S. The standard InChI is InChI=1S/C22H26N2O4S/c1-3-27-18-7-5-15(13-19(18)28-4-2)9-11-23-22(26)16-6-8-20-17(14-16)24-21(25)10-12-29-20/h5-8,13-14H,3-4,9-12H2,1-2H3,(H,23,26)(H,24,25). The maximum Gasteiger partial charge on any atom is 0.251 e. The predicted octanol–water partition coefficient (Wildman–Crippen LogP) is 3.89.